The fourth-order valence-corrected chi connectivity index (χ4v) is 2.40. The number of hydrogen-bond donors (Lipinski definition) is 0. The first-order valence-corrected chi connectivity index (χ1v) is 5.35. The first-order valence-electron chi connectivity index (χ1n) is 4.58. The Hall–Kier alpha value is 1.16. The van der Waals surface area contributed by atoms with Gasteiger partial charge in [-0.25, -0.2) is 0 Å². The first kappa shape index (κ1) is 13.2. The molecule has 0 N–H and O–H groups in total. The summed E-state index contributed by atoms with van der Waals surface area (Å²) in [5.41, 5.74) is 0. The van der Waals surface area contributed by atoms with E-state index < -0.39 is 0 Å². The molecule has 1 aliphatic heterocycles. The smallest absolute Gasteiger partial charge is 0.326 e. The molecule has 5 heteroatoms. The normalized spacial score (nSPS) is 17.8. The van der Waals surface area contributed by atoms with E-state index in [1.165, 1.54) is 30.8 Å². The van der Waals surface area contributed by atoms with Gasteiger partial charge in [0.2, 0.25) is 0 Å². The Morgan fingerprint density at radius 1 is 1.43 bits per heavy atom. The summed E-state index contributed by atoms with van der Waals surface area (Å²) in [6, 6.07) is 0. The maximum atomic E-state index is 4.14. The molecule has 0 saturated carbocycles. The summed E-state index contributed by atoms with van der Waals surface area (Å²) in [4.78, 5) is 1.24. The Kier molecular flexibility index (Phi) is 6.31. The molecule has 0 aromatic carbocycles. The summed E-state index contributed by atoms with van der Waals surface area (Å²) in [6.45, 7) is 2.33. The van der Waals surface area contributed by atoms with Gasteiger partial charge in [0.25, 0.3) is 0 Å². The molecule has 2 rings (SSSR count). The van der Waals surface area contributed by atoms with Crippen LogP contribution in [0.15, 0.2) is 17.3 Å². The van der Waals surface area contributed by atoms with Crippen molar-refractivity contribution in [2.75, 3.05) is 13.1 Å². The molecule has 14 heavy (non-hydrogen) atoms. The van der Waals surface area contributed by atoms with E-state index in [0.717, 1.165) is 0 Å². The van der Waals surface area contributed by atoms with Crippen LogP contribution < -0.4 is 51.4 Å². The van der Waals surface area contributed by atoms with Gasteiger partial charge >= 0.3 is 51.4 Å². The minimum atomic E-state index is 0. The largest absolute Gasteiger partial charge is 1.00 e. The molecule has 1 aromatic rings. The molecular weight excluding hydrogens is 221 g/mol. The van der Waals surface area contributed by atoms with Crippen molar-refractivity contribution in [3.63, 3.8) is 0 Å². The van der Waals surface area contributed by atoms with Gasteiger partial charge in [-0.1, -0.05) is 0 Å². The van der Waals surface area contributed by atoms with E-state index in [0.29, 0.717) is 0 Å². The second kappa shape index (κ2) is 6.68. The van der Waals surface area contributed by atoms with Crippen molar-refractivity contribution in [2.45, 2.75) is 17.7 Å². The average Bonchev–Trinajstić information content (AvgIpc) is 2.53. The van der Waals surface area contributed by atoms with Gasteiger partial charge in [-0.15, -0.1) is 0 Å². The minimum absolute atomic E-state index is 0. The van der Waals surface area contributed by atoms with Crippen molar-refractivity contribution in [3.8, 4) is 0 Å². The van der Waals surface area contributed by atoms with Crippen LogP contribution in [-0.4, -0.2) is 27.2 Å². The number of rotatable bonds is 2. The van der Waals surface area contributed by atoms with Crippen molar-refractivity contribution in [1.82, 2.24) is 14.1 Å². The van der Waals surface area contributed by atoms with Crippen LogP contribution in [0.4, 0.5) is 0 Å². The maximum Gasteiger partial charge on any atom is 1.00 e. The molecule has 1 saturated heterocycles. The van der Waals surface area contributed by atoms with Crippen LogP contribution in [0.5, 0.6) is 0 Å². The van der Waals surface area contributed by atoms with Gasteiger partial charge in [0.05, 0.1) is 11.1 Å². The van der Waals surface area contributed by atoms with Crippen molar-refractivity contribution in [3.05, 3.63) is 18.8 Å². The molecule has 0 bridgehead atoms. The third kappa shape index (κ3) is 3.96. The van der Waals surface area contributed by atoms with Gasteiger partial charge in [-0.05, 0) is 25.0 Å². The van der Waals surface area contributed by atoms with Gasteiger partial charge < -0.3 is 6.42 Å². The van der Waals surface area contributed by atoms with Crippen molar-refractivity contribution in [1.29, 1.82) is 0 Å². The van der Waals surface area contributed by atoms with Crippen LogP contribution in [-0.2, 0) is 7.05 Å². The van der Waals surface area contributed by atoms with Gasteiger partial charge in [-0.3, -0.25) is 8.99 Å². The zero-order valence-electron chi connectivity index (χ0n) is 8.81. The van der Waals surface area contributed by atoms with Crippen molar-refractivity contribution < 1.29 is 51.4 Å². The monoisotopic (exact) mass is 235 g/mol. The molecule has 0 amide bonds. The molecule has 1 fully saturated rings. The van der Waals surface area contributed by atoms with E-state index in [4.69, 9.17) is 0 Å². The Morgan fingerprint density at radius 2 is 2.14 bits per heavy atom. The van der Waals surface area contributed by atoms with Crippen LogP contribution in [0.1, 0.15) is 12.8 Å². The van der Waals surface area contributed by atoms with Crippen LogP contribution in [0.2, 0.25) is 0 Å². The number of aryl methyl sites for hydroxylation is 1. The van der Waals surface area contributed by atoms with Crippen LogP contribution >= 0.6 is 11.9 Å². The van der Waals surface area contributed by atoms with Gasteiger partial charge in [0.1, 0.15) is 0 Å². The summed E-state index contributed by atoms with van der Waals surface area (Å²) in [5, 5.41) is 4.14. The second-order valence-electron chi connectivity index (χ2n) is 3.24. The van der Waals surface area contributed by atoms with E-state index in [2.05, 4.69) is 22.0 Å². The molecule has 2 heterocycles. The Labute approximate surface area is 132 Å². The van der Waals surface area contributed by atoms with Crippen molar-refractivity contribution in [2.24, 2.45) is 7.05 Å². The molecule has 1 aromatic heterocycles. The zero-order chi connectivity index (χ0) is 9.10. The molecule has 72 valence electrons. The molecule has 0 atom stereocenters. The third-order valence-electron chi connectivity index (χ3n) is 2.08. The van der Waals surface area contributed by atoms with E-state index in [9.17, 15) is 0 Å². The third-order valence-corrected chi connectivity index (χ3v) is 3.13. The van der Waals surface area contributed by atoms with Gasteiger partial charge in [0, 0.05) is 13.2 Å². The predicted octanol–water partition coefficient (Wildman–Crippen LogP) is -1.27. The zero-order valence-corrected chi connectivity index (χ0v) is 12.7. The standard InChI is InChI=1S/C9H14N3S.K/c1-11-8-9(7-10-11)13-12-5-3-2-4-6-12;/h2,7-8H,3-6H2,1H3;/q-1;+1. The Balaban J connectivity index is 0.000000980. The number of aromatic nitrogens is 2. The Morgan fingerprint density at radius 3 is 2.71 bits per heavy atom. The molecule has 0 spiro atoms. The summed E-state index contributed by atoms with van der Waals surface area (Å²) < 4.78 is 4.25. The second-order valence-corrected chi connectivity index (χ2v) is 4.41. The molecule has 0 unspecified atom stereocenters. The first-order chi connectivity index (χ1) is 6.34. The molecule has 0 aliphatic carbocycles. The maximum absolute atomic E-state index is 4.14. The summed E-state index contributed by atoms with van der Waals surface area (Å²) in [6.07, 6.45) is 8.77. The SMILES string of the molecule is Cn1cc(SN2CC[CH-]CC2)cn1.[K+]. The predicted molar refractivity (Wildman–Crippen MR) is 54.2 cm³/mol. The van der Waals surface area contributed by atoms with Crippen LogP contribution in [0.3, 0.4) is 0 Å². The number of nitrogens with zero attached hydrogens (tertiary/aromatic N) is 3. The van der Waals surface area contributed by atoms with E-state index in [1.54, 1.807) is 0 Å². The quantitative estimate of drug-likeness (QED) is 0.362. The molecular formula is C9H14KN3S. The molecule has 0 radical (unpaired) electrons. The van der Waals surface area contributed by atoms with E-state index in [-0.39, 0.29) is 51.4 Å². The fraction of sp³-hybridized carbons (Fsp3) is 0.556. The number of piperidine rings is 1. The van der Waals surface area contributed by atoms with Crippen LogP contribution in [0.25, 0.3) is 0 Å². The van der Waals surface area contributed by atoms with E-state index in [1.807, 2.05) is 29.9 Å². The summed E-state index contributed by atoms with van der Waals surface area (Å²) >= 11 is 1.82. The average molecular weight is 235 g/mol. The topological polar surface area (TPSA) is 21.1 Å². The molecule has 1 aliphatic rings. The minimum Gasteiger partial charge on any atom is -0.326 e. The summed E-state index contributed by atoms with van der Waals surface area (Å²) in [5.74, 6) is 0. The van der Waals surface area contributed by atoms with Crippen molar-refractivity contribution >= 4 is 11.9 Å². The van der Waals surface area contributed by atoms with E-state index >= 15 is 0 Å². The fourth-order valence-electron chi connectivity index (χ4n) is 1.41. The Bertz CT molecular complexity index is 271. The number of hydrogen-bond acceptors (Lipinski definition) is 3. The molecule has 3 nitrogen and oxygen atoms in total. The van der Waals surface area contributed by atoms with Gasteiger partial charge in [0.15, 0.2) is 0 Å². The van der Waals surface area contributed by atoms with Crippen LogP contribution in [0, 0.1) is 6.42 Å². The van der Waals surface area contributed by atoms with Gasteiger partial charge in [-0.2, -0.15) is 17.9 Å². The summed E-state index contributed by atoms with van der Waals surface area (Å²) in [7, 11) is 1.95.